The molecule has 2 aromatic rings. The van der Waals surface area contributed by atoms with Crippen LogP contribution in [-0.4, -0.2) is 39.7 Å². The fourth-order valence-corrected chi connectivity index (χ4v) is 3.19. The van der Waals surface area contributed by atoms with Crippen molar-refractivity contribution in [2.24, 2.45) is 5.92 Å². The Labute approximate surface area is 173 Å². The number of aromatic nitrogens is 2. The van der Waals surface area contributed by atoms with Crippen LogP contribution in [0.15, 0.2) is 24.5 Å². The van der Waals surface area contributed by atoms with Gasteiger partial charge in [-0.15, -0.1) is 0 Å². The minimum Gasteiger partial charge on any atom is -0.486 e. The molecule has 160 valence electrons. The third-order valence-corrected chi connectivity index (χ3v) is 4.99. The second kappa shape index (κ2) is 8.73. The molecular weight excluding hydrogens is 394 g/mol. The van der Waals surface area contributed by atoms with Gasteiger partial charge in [0.2, 0.25) is 5.91 Å². The number of fused-ring (bicyclic) bond motifs is 1. The lowest BCUT2D eigenvalue weighted by atomic mass is 10.1. The molecule has 0 fully saturated rings. The van der Waals surface area contributed by atoms with Gasteiger partial charge in [-0.1, -0.05) is 13.8 Å². The van der Waals surface area contributed by atoms with E-state index in [1.165, 1.54) is 12.4 Å². The molecule has 2 aromatic heterocycles. The van der Waals surface area contributed by atoms with E-state index in [1.54, 1.807) is 37.8 Å². The number of halogens is 2. The van der Waals surface area contributed by atoms with Crippen LogP contribution in [0.2, 0.25) is 0 Å². The number of carbonyl (C=O) groups excluding carboxylic acids is 2. The van der Waals surface area contributed by atoms with Crippen molar-refractivity contribution in [3.63, 3.8) is 0 Å². The lowest BCUT2D eigenvalue weighted by Gasteiger charge is -2.24. The molecule has 7 nitrogen and oxygen atoms in total. The highest BCUT2D eigenvalue weighted by atomic mass is 19.3. The predicted octanol–water partition coefficient (Wildman–Crippen LogP) is 3.74. The van der Waals surface area contributed by atoms with Gasteiger partial charge in [-0.3, -0.25) is 14.6 Å². The quantitative estimate of drug-likeness (QED) is 0.741. The Bertz CT molecular complexity index is 965. The first-order valence-corrected chi connectivity index (χ1v) is 9.66. The normalized spacial score (nSPS) is 14.3. The number of hydrogen-bond acceptors (Lipinski definition) is 5. The molecule has 1 aliphatic rings. The summed E-state index contributed by atoms with van der Waals surface area (Å²) in [7, 11) is 0. The minimum absolute atomic E-state index is 0.175. The molecule has 1 N–H and O–H groups in total. The van der Waals surface area contributed by atoms with Crippen molar-refractivity contribution in [1.82, 2.24) is 14.9 Å². The van der Waals surface area contributed by atoms with Crippen LogP contribution in [0.1, 0.15) is 54.0 Å². The zero-order valence-corrected chi connectivity index (χ0v) is 17.3. The average molecular weight is 418 g/mol. The van der Waals surface area contributed by atoms with Crippen molar-refractivity contribution in [3.8, 4) is 5.75 Å². The van der Waals surface area contributed by atoms with E-state index in [0.717, 1.165) is 0 Å². The summed E-state index contributed by atoms with van der Waals surface area (Å²) in [5.74, 6) is 0.0935. The van der Waals surface area contributed by atoms with E-state index in [4.69, 9.17) is 4.74 Å². The summed E-state index contributed by atoms with van der Waals surface area (Å²) in [6.45, 7) is 6.71. The van der Waals surface area contributed by atoms with Crippen molar-refractivity contribution in [2.75, 3.05) is 11.9 Å². The third-order valence-electron chi connectivity index (χ3n) is 4.99. The molecule has 30 heavy (non-hydrogen) atoms. The van der Waals surface area contributed by atoms with Crippen molar-refractivity contribution in [2.45, 2.75) is 46.7 Å². The van der Waals surface area contributed by atoms with Gasteiger partial charge >= 0.3 is 0 Å². The summed E-state index contributed by atoms with van der Waals surface area (Å²) in [5.41, 5.74) is 2.42. The Hall–Kier alpha value is -3.10. The molecule has 9 heteroatoms. The SMILES string of the molecule is Cc1cc(C(C)N2Cc3c(ccnc3NC(=O)C(C)C)C2=O)ncc1OCC(F)F. The molecule has 3 rings (SSSR count). The van der Waals surface area contributed by atoms with E-state index < -0.39 is 13.0 Å². The van der Waals surface area contributed by atoms with Crippen molar-refractivity contribution in [3.05, 3.63) is 46.9 Å². The van der Waals surface area contributed by atoms with Crippen molar-refractivity contribution >= 4 is 17.6 Å². The van der Waals surface area contributed by atoms with Gasteiger partial charge < -0.3 is 15.0 Å². The van der Waals surface area contributed by atoms with E-state index >= 15 is 0 Å². The fraction of sp³-hybridized carbons (Fsp3) is 0.429. The zero-order valence-electron chi connectivity index (χ0n) is 17.3. The van der Waals surface area contributed by atoms with Gasteiger partial charge in [0.25, 0.3) is 12.3 Å². The second-order valence-corrected chi connectivity index (χ2v) is 7.52. The van der Waals surface area contributed by atoms with Crippen LogP contribution >= 0.6 is 0 Å². The van der Waals surface area contributed by atoms with Crippen molar-refractivity contribution < 1.29 is 23.1 Å². The average Bonchev–Trinajstić information content (AvgIpc) is 3.04. The molecule has 0 aromatic carbocycles. The Morgan fingerprint density at radius 2 is 2.03 bits per heavy atom. The molecule has 1 unspecified atom stereocenters. The van der Waals surface area contributed by atoms with Gasteiger partial charge in [-0.2, -0.15) is 0 Å². The first-order chi connectivity index (χ1) is 14.2. The van der Waals surface area contributed by atoms with Gasteiger partial charge in [-0.05, 0) is 31.5 Å². The lowest BCUT2D eigenvalue weighted by Crippen LogP contribution is -2.28. The van der Waals surface area contributed by atoms with Crippen LogP contribution in [0, 0.1) is 12.8 Å². The number of carbonyl (C=O) groups is 2. The number of pyridine rings is 2. The number of nitrogens with zero attached hydrogens (tertiary/aromatic N) is 3. The summed E-state index contributed by atoms with van der Waals surface area (Å²) >= 11 is 0. The van der Waals surface area contributed by atoms with Crippen LogP contribution in [0.4, 0.5) is 14.6 Å². The summed E-state index contributed by atoms with van der Waals surface area (Å²) in [5, 5.41) is 2.78. The van der Waals surface area contributed by atoms with Gasteiger partial charge in [0.05, 0.1) is 24.5 Å². The third kappa shape index (κ3) is 4.39. The molecule has 0 saturated heterocycles. The molecule has 0 aliphatic carbocycles. The van der Waals surface area contributed by atoms with Crippen LogP contribution in [0.25, 0.3) is 0 Å². The monoisotopic (exact) mass is 418 g/mol. The molecule has 2 amide bonds. The van der Waals surface area contributed by atoms with Crippen LogP contribution < -0.4 is 10.1 Å². The topological polar surface area (TPSA) is 84.4 Å². The van der Waals surface area contributed by atoms with E-state index in [-0.39, 0.29) is 36.1 Å². The fourth-order valence-electron chi connectivity index (χ4n) is 3.19. The number of hydrogen-bond donors (Lipinski definition) is 1. The highest BCUT2D eigenvalue weighted by Crippen LogP contribution is 2.34. The zero-order chi connectivity index (χ0) is 22.0. The Kier molecular flexibility index (Phi) is 6.28. The van der Waals surface area contributed by atoms with Crippen LogP contribution in [0.5, 0.6) is 5.75 Å². The summed E-state index contributed by atoms with van der Waals surface area (Å²) in [4.78, 5) is 35.2. The smallest absolute Gasteiger partial charge is 0.272 e. The molecule has 0 spiro atoms. The first-order valence-electron chi connectivity index (χ1n) is 9.66. The Morgan fingerprint density at radius 3 is 2.67 bits per heavy atom. The van der Waals surface area contributed by atoms with Crippen molar-refractivity contribution in [1.29, 1.82) is 0 Å². The number of aryl methyl sites for hydroxylation is 1. The van der Waals surface area contributed by atoms with Gasteiger partial charge in [0.1, 0.15) is 18.2 Å². The molecular formula is C21H24F2N4O3. The van der Waals surface area contributed by atoms with Crippen LogP contribution in [0.3, 0.4) is 0 Å². The molecule has 1 aliphatic heterocycles. The Morgan fingerprint density at radius 1 is 1.30 bits per heavy atom. The van der Waals surface area contributed by atoms with Gasteiger partial charge in [0, 0.05) is 23.2 Å². The minimum atomic E-state index is -2.57. The number of alkyl halides is 2. The number of rotatable bonds is 7. The largest absolute Gasteiger partial charge is 0.486 e. The van der Waals surface area contributed by atoms with E-state index in [2.05, 4.69) is 15.3 Å². The maximum Gasteiger partial charge on any atom is 0.272 e. The molecule has 0 saturated carbocycles. The number of amides is 2. The highest BCUT2D eigenvalue weighted by molar-refractivity contribution is 6.01. The van der Waals surface area contributed by atoms with E-state index in [0.29, 0.717) is 28.2 Å². The number of anilines is 1. The second-order valence-electron chi connectivity index (χ2n) is 7.52. The molecule has 3 heterocycles. The summed E-state index contributed by atoms with van der Waals surface area (Å²) < 4.78 is 29.8. The van der Waals surface area contributed by atoms with E-state index in [9.17, 15) is 18.4 Å². The first kappa shape index (κ1) is 21.6. The summed E-state index contributed by atoms with van der Waals surface area (Å²) in [6.07, 6.45) is 0.327. The number of ether oxygens (including phenoxy) is 1. The molecule has 1 atom stereocenters. The molecule has 0 radical (unpaired) electrons. The highest BCUT2D eigenvalue weighted by Gasteiger charge is 2.34. The predicted molar refractivity (Wildman–Crippen MR) is 106 cm³/mol. The summed E-state index contributed by atoms with van der Waals surface area (Å²) in [6, 6.07) is 2.98. The maximum atomic E-state index is 13.0. The lowest BCUT2D eigenvalue weighted by molar-refractivity contribution is -0.118. The molecule has 0 bridgehead atoms. The van der Waals surface area contributed by atoms with Crippen LogP contribution in [-0.2, 0) is 11.3 Å². The van der Waals surface area contributed by atoms with Gasteiger partial charge in [0.15, 0.2) is 0 Å². The Balaban J connectivity index is 1.80. The van der Waals surface area contributed by atoms with E-state index in [1.807, 2.05) is 6.92 Å². The standard InChI is InChI=1S/C21H24F2N4O3/c1-11(2)20(28)26-19-15-9-27(21(29)14(15)5-6-24-19)13(4)16-7-12(3)17(8-25-16)30-10-18(22)23/h5-8,11,13,18H,9-10H2,1-4H3,(H,24,26,28). The maximum absolute atomic E-state index is 13.0. The number of nitrogens with one attached hydrogen (secondary N) is 1. The van der Waals surface area contributed by atoms with Gasteiger partial charge in [-0.25, -0.2) is 13.8 Å².